The lowest BCUT2D eigenvalue weighted by molar-refractivity contribution is -0.119. The van der Waals surface area contributed by atoms with E-state index >= 15 is 19.2 Å². The average Bonchev–Trinajstić information content (AvgIpc) is 1.53. The van der Waals surface area contributed by atoms with Crippen LogP contribution >= 0.6 is 0 Å². The molecule has 12 aromatic rings. The van der Waals surface area contributed by atoms with E-state index < -0.39 is 79.9 Å². The molecule has 4 aliphatic carbocycles. The van der Waals surface area contributed by atoms with Gasteiger partial charge < -0.3 is 40.2 Å². The van der Waals surface area contributed by atoms with Crippen LogP contribution in [-0.2, 0) is 38.1 Å². The number of nitrogens with zero attached hydrogens (tertiary/aromatic N) is 8. The molecule has 0 saturated carbocycles. The second-order valence-corrected chi connectivity index (χ2v) is 36.9. The normalized spacial score (nSPS) is 20.8. The number of anilines is 4. The molecule has 24 nitrogen and oxygen atoms in total. The van der Waals surface area contributed by atoms with E-state index in [-0.39, 0.29) is 67.0 Å². The number of esters is 4. The van der Waals surface area contributed by atoms with Crippen molar-refractivity contribution in [2.75, 3.05) is 47.7 Å². The maximum absolute atomic E-state index is 15.1. The minimum atomic E-state index is -1.88. The first-order chi connectivity index (χ1) is 58.1. The Morgan fingerprint density at radius 2 is 0.504 bits per heavy atom. The van der Waals surface area contributed by atoms with Gasteiger partial charge in [-0.15, -0.1) is 0 Å². The molecule has 8 aliphatic rings. The molecular weight excluding hydrogens is 1530 g/mol. The lowest BCUT2D eigenvalue weighted by Gasteiger charge is -2.39. The van der Waals surface area contributed by atoms with Gasteiger partial charge in [0.15, 0.2) is 23.1 Å². The quantitative estimate of drug-likeness (QED) is 0.0516. The third-order valence-electron chi connectivity index (χ3n) is 25.1. The zero-order valence-corrected chi connectivity index (χ0v) is 68.2. The second kappa shape index (κ2) is 28.3. The Hall–Kier alpha value is -13.6. The molecule has 0 spiro atoms. The number of aromatic nitrogens is 8. The van der Waals surface area contributed by atoms with Crippen LogP contribution in [0.2, 0.25) is 0 Å². The summed E-state index contributed by atoms with van der Waals surface area (Å²) in [6, 6.07) is 55.6. The number of nitrogens with one attached hydrogen (secondary N) is 4. The zero-order valence-electron chi connectivity index (χ0n) is 68.2. The molecule has 608 valence electrons. The van der Waals surface area contributed by atoms with Crippen LogP contribution in [0.1, 0.15) is 195 Å². The summed E-state index contributed by atoms with van der Waals surface area (Å²) < 4.78 is 33.6. The second-order valence-electron chi connectivity index (χ2n) is 36.9. The highest BCUT2D eigenvalue weighted by atomic mass is 16.6. The number of ether oxygens (including phenoxy) is 4. The van der Waals surface area contributed by atoms with Gasteiger partial charge in [0.05, 0.1) is 90.6 Å². The monoisotopic (exact) mass is 1610 g/mol. The number of fused-ring (bicyclic) bond motifs is 12. The molecular formula is C97H88N12O12. The molecule has 4 unspecified atom stereocenters. The maximum atomic E-state index is 15.1. The number of imidazole rings is 4. The van der Waals surface area contributed by atoms with Crippen molar-refractivity contribution in [2.45, 2.75) is 131 Å². The van der Waals surface area contributed by atoms with E-state index in [0.717, 1.165) is 66.9 Å². The molecule has 0 fully saturated rings. The molecule has 0 bridgehead atoms. The molecule has 0 saturated heterocycles. The smallest absolute Gasteiger partial charge is 0.338 e. The first kappa shape index (κ1) is 76.1. The summed E-state index contributed by atoms with van der Waals surface area (Å²) in [6.07, 6.45) is 3.71. The third-order valence-corrected chi connectivity index (χ3v) is 25.1. The van der Waals surface area contributed by atoms with Gasteiger partial charge in [-0.1, -0.05) is 152 Å². The van der Waals surface area contributed by atoms with Gasteiger partial charge in [0.25, 0.3) is 0 Å². The number of hydrogen-bond donors (Lipinski definition) is 4. The van der Waals surface area contributed by atoms with Crippen molar-refractivity contribution >= 4 is 115 Å². The largest absolute Gasteiger partial charge is 0.461 e. The van der Waals surface area contributed by atoms with Crippen molar-refractivity contribution in [3.63, 3.8) is 0 Å². The van der Waals surface area contributed by atoms with Crippen molar-refractivity contribution in [1.29, 1.82) is 0 Å². The van der Waals surface area contributed by atoms with E-state index in [0.29, 0.717) is 120 Å². The molecule has 4 atom stereocenters. The van der Waals surface area contributed by atoms with Crippen LogP contribution in [0.15, 0.2) is 239 Å². The molecule has 0 radical (unpaired) electrons. The Morgan fingerprint density at radius 1 is 0.306 bits per heavy atom. The summed E-state index contributed by atoms with van der Waals surface area (Å²) in [5.41, 5.74) is 11.8. The number of Topliss-reactive ketones (excluding diaryl/α,β-unsaturated/α-hetero) is 4. The van der Waals surface area contributed by atoms with Crippen LogP contribution in [0.4, 0.5) is 23.8 Å². The Bertz CT molecular complexity index is 5820. The van der Waals surface area contributed by atoms with Crippen molar-refractivity contribution in [1.82, 2.24) is 38.2 Å². The standard InChI is InChI=1S/C97H88N12O12/c1-93(2)41-65-77(73(110)45-93)81(106-69-21-13-9-17-61(69)98-89(106)102-65)53-25-33-57(34-26-53)85(114)118-49-97(50-119-86(115)58-35-27-54(28-36-58)82-78-66(42-94(3,4)46-74(78)111)103-90-99-62-18-10-14-22-70(62)107(82)90,51-120-87(116)59-37-29-55(30-38-59)83-79-67(43-95(5,6)47-75(79)112)104-91-100-63-19-11-15-23-71(63)108(83)91)52-121-88(117)60-39-31-56(32-40-60)84-80-68(44-96(7,8)48-76(80)113)105-92-101-64-20-12-16-24-72(64)109(84)92/h9-40,81-84H,41-52H2,1-8H3,(H,98,102)(H,99,103)(H,100,104)(H,101,105). The number of rotatable bonds is 16. The number of benzene rings is 8. The van der Waals surface area contributed by atoms with Crippen LogP contribution < -0.4 is 21.3 Å². The van der Waals surface area contributed by atoms with Gasteiger partial charge in [-0.05, 0) is 167 Å². The summed E-state index contributed by atoms with van der Waals surface area (Å²) in [5.74, 6) is -1.06. The maximum Gasteiger partial charge on any atom is 0.338 e. The van der Waals surface area contributed by atoms with Gasteiger partial charge in [-0.3, -0.25) is 37.4 Å². The number of para-hydroxylation sites is 8. The van der Waals surface area contributed by atoms with Gasteiger partial charge >= 0.3 is 23.9 Å². The van der Waals surface area contributed by atoms with E-state index in [1.807, 2.05) is 115 Å². The molecule has 0 amide bonds. The topological polar surface area (TPSA) is 293 Å². The number of allylic oxidation sites excluding steroid dienone is 8. The van der Waals surface area contributed by atoms with Crippen LogP contribution in [-0.4, -0.2) is 112 Å². The molecule has 4 N–H and O–H groups in total. The van der Waals surface area contributed by atoms with Crippen molar-refractivity contribution < 1.29 is 57.3 Å². The van der Waals surface area contributed by atoms with Crippen molar-refractivity contribution in [2.24, 2.45) is 27.1 Å². The van der Waals surface area contributed by atoms with Gasteiger partial charge in [0, 0.05) is 70.8 Å². The molecule has 4 aromatic heterocycles. The summed E-state index contributed by atoms with van der Waals surface area (Å²) >= 11 is 0. The van der Waals surface area contributed by atoms with Gasteiger partial charge in [-0.25, -0.2) is 39.1 Å². The molecule has 8 aromatic carbocycles. The summed E-state index contributed by atoms with van der Waals surface area (Å²) in [4.78, 5) is 138. The fourth-order valence-electron chi connectivity index (χ4n) is 19.6. The lowest BCUT2D eigenvalue weighted by Crippen LogP contribution is -2.44. The Labute approximate surface area is 696 Å². The van der Waals surface area contributed by atoms with Crippen LogP contribution in [0.3, 0.4) is 0 Å². The summed E-state index contributed by atoms with van der Waals surface area (Å²) in [6.45, 7) is 13.9. The molecule has 20 rings (SSSR count). The van der Waals surface area contributed by atoms with E-state index in [1.54, 1.807) is 97.1 Å². The highest BCUT2D eigenvalue weighted by molar-refractivity contribution is 6.05. The number of carbonyl (C=O) groups is 8. The summed E-state index contributed by atoms with van der Waals surface area (Å²) in [5, 5.41) is 14.0. The minimum absolute atomic E-state index is 0.00726. The molecule has 8 heterocycles. The van der Waals surface area contributed by atoms with E-state index in [2.05, 4.69) is 76.7 Å². The number of ketones is 4. The highest BCUT2D eigenvalue weighted by Gasteiger charge is 2.48. The molecule has 24 heteroatoms. The summed E-state index contributed by atoms with van der Waals surface area (Å²) in [7, 11) is 0. The van der Waals surface area contributed by atoms with Gasteiger partial charge in [-0.2, -0.15) is 0 Å². The average molecular weight is 1610 g/mol. The molecule has 4 aliphatic heterocycles. The van der Waals surface area contributed by atoms with Crippen molar-refractivity contribution in [3.8, 4) is 0 Å². The minimum Gasteiger partial charge on any atom is -0.461 e. The van der Waals surface area contributed by atoms with Crippen LogP contribution in [0.5, 0.6) is 0 Å². The van der Waals surface area contributed by atoms with Crippen molar-refractivity contribution in [3.05, 3.63) is 284 Å². The fraction of sp³-hybridized carbons (Fsp3) is 0.299. The predicted molar refractivity (Wildman–Crippen MR) is 456 cm³/mol. The van der Waals surface area contributed by atoms with Crippen LogP contribution in [0.25, 0.3) is 44.1 Å². The first-order valence-electron chi connectivity index (χ1n) is 41.2. The van der Waals surface area contributed by atoms with E-state index in [9.17, 15) is 19.2 Å². The third kappa shape index (κ3) is 13.4. The fourth-order valence-corrected chi connectivity index (χ4v) is 19.6. The Balaban J connectivity index is 0.651. The van der Waals surface area contributed by atoms with E-state index in [1.165, 1.54) is 0 Å². The number of carbonyl (C=O) groups excluding carboxylic acids is 8. The van der Waals surface area contributed by atoms with E-state index in [4.69, 9.17) is 38.9 Å². The SMILES string of the molecule is CC1(C)CC(=O)C2=C(C1)Nc1nc3ccccc3n1C2c1ccc(C(=O)OCC(COC(=O)c2ccc(C3C4=C(CC(C)(C)CC4=O)Nc4nc5ccccc5n43)cc2)(COC(=O)c2ccc(C3C4=C(CC(C)(C)CC4=O)Nc4nc5ccccc5n43)cc2)COC(=O)c2ccc(C3C4=C(CC(C)(C)CC4=O)Nc4nc5ccccc5n43)cc2)cc1. The predicted octanol–water partition coefficient (Wildman–Crippen LogP) is 17.4. The van der Waals surface area contributed by atoms with Crippen LogP contribution in [0, 0.1) is 27.1 Å². The highest BCUT2D eigenvalue weighted by Crippen LogP contribution is 2.53. The molecule has 121 heavy (non-hydrogen) atoms. The lowest BCUT2D eigenvalue weighted by atomic mass is 9.73. The zero-order chi connectivity index (χ0) is 83.5. The van der Waals surface area contributed by atoms with Gasteiger partial charge in [0.1, 0.15) is 31.8 Å². The first-order valence-corrected chi connectivity index (χ1v) is 41.2. The van der Waals surface area contributed by atoms with Gasteiger partial charge in [0.2, 0.25) is 23.8 Å². The Morgan fingerprint density at radius 3 is 0.711 bits per heavy atom. The number of hydrogen-bond acceptors (Lipinski definition) is 20. The Kier molecular flexibility index (Phi) is 17.8.